The number of rotatable bonds is 31. The molecule has 344 valence electrons. The first kappa shape index (κ1) is 54.8. The number of amides is 9. The summed E-state index contributed by atoms with van der Waals surface area (Å²) in [6.45, 7) is -3.42. The minimum Gasteiger partial charge on any atom is -0.481 e. The van der Waals surface area contributed by atoms with E-state index in [1.807, 2.05) is 16.0 Å². The maximum Gasteiger partial charge on any atom is 0.328 e. The van der Waals surface area contributed by atoms with E-state index < -0.39 is 171 Å². The summed E-state index contributed by atoms with van der Waals surface area (Å²) in [5.74, 6) is -15.3. The highest BCUT2D eigenvalue weighted by molar-refractivity contribution is 7.80. The van der Waals surface area contributed by atoms with Gasteiger partial charge in [0.2, 0.25) is 53.2 Å². The Bertz CT molecular complexity index is 1600. The van der Waals surface area contributed by atoms with Crippen LogP contribution < -0.4 is 59.7 Å². The third-order valence-corrected chi connectivity index (χ3v) is 8.36. The predicted molar refractivity (Wildman–Crippen MR) is 207 cm³/mol. The lowest BCUT2D eigenvalue weighted by Crippen LogP contribution is -2.60. The van der Waals surface area contributed by atoms with Crippen molar-refractivity contribution >= 4 is 83.7 Å². The van der Waals surface area contributed by atoms with Crippen molar-refractivity contribution in [2.24, 2.45) is 17.2 Å². The molecule has 0 rings (SSSR count). The lowest BCUT2D eigenvalue weighted by atomic mass is 10.1. The van der Waals surface area contributed by atoms with Crippen LogP contribution in [-0.2, 0) is 57.5 Å². The second-order valence-electron chi connectivity index (χ2n) is 12.8. The summed E-state index contributed by atoms with van der Waals surface area (Å²) in [7, 11) is 0. The van der Waals surface area contributed by atoms with Crippen molar-refractivity contribution < 1.29 is 83.1 Å². The molecule has 7 atom stereocenters. The number of carboxylic acid groups (broad SMARTS) is 3. The number of carboxylic acids is 3. The van der Waals surface area contributed by atoms with Crippen molar-refractivity contribution in [3.8, 4) is 0 Å². The minimum atomic E-state index is -1.88. The van der Waals surface area contributed by atoms with Gasteiger partial charge >= 0.3 is 17.9 Å². The van der Waals surface area contributed by atoms with Crippen LogP contribution in [0.25, 0.3) is 0 Å². The fourth-order valence-corrected chi connectivity index (χ4v) is 5.07. The van der Waals surface area contributed by atoms with Crippen LogP contribution in [0.5, 0.6) is 0 Å². The minimum absolute atomic E-state index is 0.0329. The molecular weight excluding hydrogens is 842 g/mol. The first-order valence-electron chi connectivity index (χ1n) is 18.2. The standard InChI is InChI=1S/C32H53N11O17S/c33-6-2-1-3-14(37-22(47)9-34)27(54)40-17(8-25(51)52)29(56)41-18(11-44)30(57)43-20(13-61)31(58)39-15(4-5-21(35)46)26(53)36-10-23(48)38-16(7-24(49)50)28(55)42-19(12-45)32(59)60/h14-20,44-45,61H,1-13,33-34H2,(H2,35,46)(H,36,53)(H,37,47)(H,38,48)(H,39,58)(H,40,54)(H,41,56)(H,42,55)(H,43,57)(H,49,50)(H,51,52)(H,59,60)/t14-,15-,16-,17-,18-,19-,20-/m0/s1. The number of nitrogens with one attached hydrogen (secondary N) is 8. The molecule has 0 saturated carbocycles. The number of carbonyl (C=O) groups is 12. The Kier molecular flexibility index (Phi) is 26.2. The highest BCUT2D eigenvalue weighted by Gasteiger charge is 2.34. The zero-order chi connectivity index (χ0) is 46.8. The topological polar surface area (TPSA) is 480 Å². The van der Waals surface area contributed by atoms with Gasteiger partial charge in [0, 0.05) is 12.2 Å². The van der Waals surface area contributed by atoms with Gasteiger partial charge in [0.25, 0.3) is 0 Å². The van der Waals surface area contributed by atoms with E-state index in [1.54, 1.807) is 0 Å². The van der Waals surface area contributed by atoms with E-state index in [-0.39, 0.29) is 13.0 Å². The van der Waals surface area contributed by atoms with Crippen molar-refractivity contribution in [3.63, 3.8) is 0 Å². The summed E-state index contributed by atoms with van der Waals surface area (Å²) in [6, 6.07) is -12.0. The summed E-state index contributed by atoms with van der Waals surface area (Å²) in [5, 5.41) is 63.3. The second-order valence-corrected chi connectivity index (χ2v) is 13.2. The molecular formula is C32H53N11O17S. The van der Waals surface area contributed by atoms with Crippen LogP contribution in [-0.4, -0.2) is 177 Å². The number of thiol groups is 1. The summed E-state index contributed by atoms with van der Waals surface area (Å²) >= 11 is 3.99. The van der Waals surface area contributed by atoms with Gasteiger partial charge in [0.15, 0.2) is 0 Å². The summed E-state index contributed by atoms with van der Waals surface area (Å²) in [4.78, 5) is 148. The molecule has 61 heavy (non-hydrogen) atoms. The molecule has 0 aromatic rings. The van der Waals surface area contributed by atoms with Crippen LogP contribution in [0.4, 0.5) is 0 Å². The summed E-state index contributed by atoms with van der Waals surface area (Å²) in [5.41, 5.74) is 15.9. The molecule has 19 N–H and O–H groups in total. The van der Waals surface area contributed by atoms with Gasteiger partial charge < -0.3 is 85.3 Å². The van der Waals surface area contributed by atoms with Crippen molar-refractivity contribution in [1.29, 1.82) is 0 Å². The first-order valence-corrected chi connectivity index (χ1v) is 18.8. The number of aliphatic hydroxyl groups excluding tert-OH is 2. The van der Waals surface area contributed by atoms with Crippen LogP contribution >= 0.6 is 12.6 Å². The molecule has 0 bridgehead atoms. The van der Waals surface area contributed by atoms with Gasteiger partial charge in [-0.2, -0.15) is 12.6 Å². The summed E-state index contributed by atoms with van der Waals surface area (Å²) < 4.78 is 0. The maximum atomic E-state index is 13.2. The van der Waals surface area contributed by atoms with Crippen molar-refractivity contribution in [3.05, 3.63) is 0 Å². The van der Waals surface area contributed by atoms with Gasteiger partial charge in [0.1, 0.15) is 42.3 Å². The van der Waals surface area contributed by atoms with Gasteiger partial charge in [-0.3, -0.25) is 52.7 Å². The highest BCUT2D eigenvalue weighted by Crippen LogP contribution is 2.05. The fraction of sp³-hybridized carbons (Fsp3) is 0.625. The number of unbranched alkanes of at least 4 members (excludes halogenated alkanes) is 1. The van der Waals surface area contributed by atoms with Crippen molar-refractivity contribution in [1.82, 2.24) is 42.5 Å². The van der Waals surface area contributed by atoms with Crippen molar-refractivity contribution in [2.45, 2.75) is 87.2 Å². The highest BCUT2D eigenvalue weighted by atomic mass is 32.1. The van der Waals surface area contributed by atoms with Gasteiger partial charge in [-0.25, -0.2) is 4.79 Å². The van der Waals surface area contributed by atoms with Crippen molar-refractivity contribution in [2.75, 3.05) is 38.6 Å². The molecule has 29 heteroatoms. The average Bonchev–Trinajstić information content (AvgIpc) is 3.19. The summed E-state index contributed by atoms with van der Waals surface area (Å²) in [6.07, 6.45) is -2.24. The molecule has 0 radical (unpaired) electrons. The number of aliphatic hydroxyl groups is 2. The van der Waals surface area contributed by atoms with E-state index in [4.69, 9.17) is 32.5 Å². The Morgan fingerprint density at radius 3 is 1.41 bits per heavy atom. The van der Waals surface area contributed by atoms with Crippen LogP contribution in [0.1, 0.15) is 44.9 Å². The molecule has 0 saturated heterocycles. The maximum absolute atomic E-state index is 13.2. The van der Waals surface area contributed by atoms with Gasteiger partial charge in [-0.1, -0.05) is 0 Å². The molecule has 0 unspecified atom stereocenters. The van der Waals surface area contributed by atoms with E-state index in [0.29, 0.717) is 12.8 Å². The fourth-order valence-electron chi connectivity index (χ4n) is 4.81. The molecule has 0 aromatic carbocycles. The predicted octanol–water partition coefficient (Wildman–Crippen LogP) is -9.20. The monoisotopic (exact) mass is 895 g/mol. The smallest absolute Gasteiger partial charge is 0.328 e. The van der Waals surface area contributed by atoms with Crippen LogP contribution in [0.2, 0.25) is 0 Å². The van der Waals surface area contributed by atoms with Gasteiger partial charge in [0.05, 0.1) is 39.1 Å². The van der Waals surface area contributed by atoms with E-state index in [1.165, 1.54) is 0 Å². The zero-order valence-corrected chi connectivity index (χ0v) is 33.4. The number of hydrogen-bond acceptors (Lipinski definition) is 17. The zero-order valence-electron chi connectivity index (χ0n) is 32.5. The Morgan fingerprint density at radius 1 is 0.508 bits per heavy atom. The molecule has 9 amide bonds. The normalized spacial score (nSPS) is 14.1. The Labute approximate surface area is 352 Å². The molecule has 0 aliphatic heterocycles. The number of nitrogens with two attached hydrogens (primary N) is 3. The number of carbonyl (C=O) groups excluding carboxylic acids is 9. The first-order chi connectivity index (χ1) is 28.6. The quantitative estimate of drug-likeness (QED) is 0.0227. The molecule has 0 aliphatic carbocycles. The second kappa shape index (κ2) is 29.1. The molecule has 0 aliphatic rings. The van der Waals surface area contributed by atoms with Gasteiger partial charge in [-0.15, -0.1) is 0 Å². The van der Waals surface area contributed by atoms with Crippen LogP contribution in [0.15, 0.2) is 0 Å². The lowest BCUT2D eigenvalue weighted by molar-refractivity contribution is -0.144. The van der Waals surface area contributed by atoms with E-state index in [0.717, 1.165) is 0 Å². The number of aliphatic carboxylic acids is 3. The number of hydrogen-bond donors (Lipinski definition) is 17. The number of primary amides is 1. The van der Waals surface area contributed by atoms with Crippen LogP contribution in [0, 0.1) is 0 Å². The van der Waals surface area contributed by atoms with E-state index in [9.17, 15) is 67.7 Å². The molecule has 0 heterocycles. The molecule has 28 nitrogen and oxygen atoms in total. The lowest BCUT2D eigenvalue weighted by Gasteiger charge is -2.26. The molecule has 0 fully saturated rings. The largest absolute Gasteiger partial charge is 0.481 e. The third kappa shape index (κ3) is 22.1. The van der Waals surface area contributed by atoms with Crippen LogP contribution in [0.3, 0.4) is 0 Å². The molecule has 0 spiro atoms. The van der Waals surface area contributed by atoms with E-state index >= 15 is 0 Å². The Morgan fingerprint density at radius 2 is 0.934 bits per heavy atom. The molecule has 0 aromatic heterocycles. The van der Waals surface area contributed by atoms with Gasteiger partial charge in [-0.05, 0) is 32.2 Å². The Balaban J connectivity index is 5.89. The van der Waals surface area contributed by atoms with E-state index in [2.05, 4.69) is 39.2 Å². The SMILES string of the molecule is NCCCC[C@H](NC(=O)CN)C(=O)N[C@@H](CC(=O)O)C(=O)N[C@@H](CO)C(=O)N[C@@H](CS)C(=O)N[C@@H](CCC(N)=O)C(=O)NCC(=O)N[C@@H](CC(=O)O)C(=O)N[C@@H](CO)C(=O)O. The average molecular weight is 896 g/mol. The third-order valence-electron chi connectivity index (χ3n) is 7.99. The Hall–Kier alpha value is -6.17.